The van der Waals surface area contributed by atoms with Gasteiger partial charge in [-0.05, 0) is 36.8 Å². The van der Waals surface area contributed by atoms with Crippen LogP contribution in [0.1, 0.15) is 11.5 Å². The third-order valence-corrected chi connectivity index (χ3v) is 4.70. The minimum absolute atomic E-state index is 0.317. The summed E-state index contributed by atoms with van der Waals surface area (Å²) >= 11 is 0. The summed E-state index contributed by atoms with van der Waals surface area (Å²) in [6.07, 6.45) is 4.77. The highest BCUT2D eigenvalue weighted by Gasteiger charge is 2.16. The molecule has 0 unspecified atom stereocenters. The van der Waals surface area contributed by atoms with Crippen molar-refractivity contribution < 1.29 is 4.39 Å². The summed E-state index contributed by atoms with van der Waals surface area (Å²) in [4.78, 5) is 26.1. The van der Waals surface area contributed by atoms with E-state index in [4.69, 9.17) is 0 Å². The fourth-order valence-electron chi connectivity index (χ4n) is 3.48. The van der Waals surface area contributed by atoms with Gasteiger partial charge >= 0.3 is 0 Å². The zero-order valence-electron chi connectivity index (χ0n) is 14.2. The monoisotopic (exact) mass is 359 g/mol. The van der Waals surface area contributed by atoms with Crippen molar-refractivity contribution in [3.63, 3.8) is 0 Å². The van der Waals surface area contributed by atoms with Gasteiger partial charge in [-0.2, -0.15) is 0 Å². The quantitative estimate of drug-likeness (QED) is 0.484. The van der Waals surface area contributed by atoms with Crippen LogP contribution in [-0.4, -0.2) is 25.1 Å². The molecule has 0 aliphatic rings. The standard InChI is InChI=1S/C20H14FN5O/c21-11-4-6-13-14(9-11)17-15(10-23-26-20(17)27)19-18(13)24-16(25-19)7-5-12-3-1-2-8-22-12/h1-4,6,8-10,23H,5,7H2,(H,26,27). The minimum Gasteiger partial charge on any atom is -0.305 e. The molecule has 2 aromatic carbocycles. The number of halogens is 1. The summed E-state index contributed by atoms with van der Waals surface area (Å²) < 4.78 is 13.8. The highest BCUT2D eigenvalue weighted by Crippen LogP contribution is 2.32. The third-order valence-electron chi connectivity index (χ3n) is 4.70. The maximum absolute atomic E-state index is 13.8. The molecular weight excluding hydrogens is 345 g/mol. The first-order valence-electron chi connectivity index (χ1n) is 8.58. The van der Waals surface area contributed by atoms with Gasteiger partial charge in [0, 0.05) is 40.7 Å². The molecule has 0 spiro atoms. The lowest BCUT2D eigenvalue weighted by atomic mass is 10.0. The van der Waals surface area contributed by atoms with Crippen LogP contribution in [0.25, 0.3) is 32.6 Å². The van der Waals surface area contributed by atoms with Gasteiger partial charge in [0.25, 0.3) is 5.56 Å². The number of imidazole rings is 1. The number of pyridine rings is 1. The maximum atomic E-state index is 13.8. The molecular formula is C20H14FN5O. The minimum atomic E-state index is -0.398. The van der Waals surface area contributed by atoms with Gasteiger partial charge in [0.05, 0.1) is 10.9 Å². The van der Waals surface area contributed by atoms with Crippen LogP contribution in [0.3, 0.4) is 0 Å². The van der Waals surface area contributed by atoms with E-state index in [0.717, 1.165) is 5.69 Å². The van der Waals surface area contributed by atoms with Gasteiger partial charge < -0.3 is 5.10 Å². The molecule has 0 bridgehead atoms. The molecule has 7 heteroatoms. The van der Waals surface area contributed by atoms with Crippen molar-refractivity contribution in [3.05, 3.63) is 76.5 Å². The highest BCUT2D eigenvalue weighted by atomic mass is 19.1. The van der Waals surface area contributed by atoms with Crippen LogP contribution in [0.4, 0.5) is 4.39 Å². The summed E-state index contributed by atoms with van der Waals surface area (Å²) in [5.41, 5.74) is 1.96. The first kappa shape index (κ1) is 15.6. The van der Waals surface area contributed by atoms with E-state index in [-0.39, 0.29) is 5.56 Å². The Balaban J connectivity index is 1.74. The van der Waals surface area contributed by atoms with Crippen LogP contribution >= 0.6 is 0 Å². The molecule has 2 N–H and O–H groups in total. The molecule has 5 rings (SSSR count). The van der Waals surface area contributed by atoms with Gasteiger partial charge in [0.1, 0.15) is 17.2 Å². The predicted octanol–water partition coefficient (Wildman–Crippen LogP) is 3.27. The van der Waals surface area contributed by atoms with Crippen LogP contribution in [0.5, 0.6) is 0 Å². The fraction of sp³-hybridized carbons (Fsp3) is 0.100. The van der Waals surface area contributed by atoms with E-state index in [9.17, 15) is 9.18 Å². The van der Waals surface area contributed by atoms with Crippen molar-refractivity contribution in [1.29, 1.82) is 0 Å². The Morgan fingerprint density at radius 2 is 1.81 bits per heavy atom. The molecule has 3 aromatic heterocycles. The number of nitrogens with one attached hydrogen (secondary N) is 2. The second-order valence-electron chi connectivity index (χ2n) is 6.38. The number of rotatable bonds is 3. The lowest BCUT2D eigenvalue weighted by molar-refractivity contribution is 0.630. The van der Waals surface area contributed by atoms with E-state index in [2.05, 4.69) is 25.1 Å². The predicted molar refractivity (Wildman–Crippen MR) is 101 cm³/mol. The number of aromatic nitrogens is 5. The first-order chi connectivity index (χ1) is 13.2. The summed E-state index contributed by atoms with van der Waals surface area (Å²) in [5, 5.41) is 7.56. The topological polar surface area (TPSA) is 87.3 Å². The molecule has 27 heavy (non-hydrogen) atoms. The van der Waals surface area contributed by atoms with Gasteiger partial charge in [-0.3, -0.25) is 14.9 Å². The molecule has 0 fully saturated rings. The second kappa shape index (κ2) is 5.98. The van der Waals surface area contributed by atoms with E-state index >= 15 is 0 Å². The summed E-state index contributed by atoms with van der Waals surface area (Å²) in [6, 6.07) is 10.2. The Bertz CT molecular complexity index is 1360. The second-order valence-corrected chi connectivity index (χ2v) is 6.38. The Kier molecular flexibility index (Phi) is 3.46. The lowest BCUT2D eigenvalue weighted by Crippen LogP contribution is -2.08. The molecule has 0 radical (unpaired) electrons. The zero-order valence-corrected chi connectivity index (χ0v) is 14.2. The Morgan fingerprint density at radius 1 is 0.963 bits per heavy atom. The van der Waals surface area contributed by atoms with E-state index in [1.165, 1.54) is 12.1 Å². The Labute approximate surface area is 152 Å². The number of nitrogens with zero attached hydrogens (tertiary/aromatic N) is 3. The number of hydrogen-bond donors (Lipinski definition) is 2. The molecule has 6 nitrogen and oxygen atoms in total. The summed E-state index contributed by atoms with van der Waals surface area (Å²) in [5.74, 6) is 0.277. The molecule has 0 saturated heterocycles. The van der Waals surface area contributed by atoms with E-state index in [0.29, 0.717) is 51.2 Å². The lowest BCUT2D eigenvalue weighted by Gasteiger charge is -2.04. The van der Waals surface area contributed by atoms with Crippen molar-refractivity contribution in [2.24, 2.45) is 0 Å². The highest BCUT2D eigenvalue weighted by molar-refractivity contribution is 6.22. The molecule has 5 aromatic rings. The van der Waals surface area contributed by atoms with E-state index < -0.39 is 5.82 Å². The smallest absolute Gasteiger partial charge is 0.270 e. The molecule has 0 aliphatic carbocycles. The zero-order chi connectivity index (χ0) is 18.4. The number of aryl methyl sites for hydroxylation is 2. The van der Waals surface area contributed by atoms with Crippen molar-refractivity contribution in [1.82, 2.24) is 25.1 Å². The van der Waals surface area contributed by atoms with Crippen LogP contribution in [-0.2, 0) is 12.8 Å². The van der Waals surface area contributed by atoms with Gasteiger partial charge in [0.2, 0.25) is 0 Å². The van der Waals surface area contributed by atoms with Crippen molar-refractivity contribution >= 4 is 32.6 Å². The number of fused-ring (bicyclic) bond motifs is 6. The van der Waals surface area contributed by atoms with Crippen molar-refractivity contribution in [3.8, 4) is 0 Å². The molecule has 0 aliphatic heterocycles. The number of hydrogen-bond acceptors (Lipinski definition) is 4. The average Bonchev–Trinajstić information content (AvgIpc) is 3.12. The van der Waals surface area contributed by atoms with Gasteiger partial charge in [-0.15, -0.1) is 0 Å². The average molecular weight is 359 g/mol. The number of aromatic amines is 2. The number of benzene rings is 2. The first-order valence-corrected chi connectivity index (χ1v) is 8.58. The largest absolute Gasteiger partial charge is 0.305 e. The van der Waals surface area contributed by atoms with Crippen molar-refractivity contribution in [2.45, 2.75) is 12.8 Å². The van der Waals surface area contributed by atoms with Gasteiger partial charge in [-0.1, -0.05) is 6.07 Å². The van der Waals surface area contributed by atoms with E-state index in [1.807, 2.05) is 18.2 Å². The SMILES string of the molecule is O=c1[nH][nH]cc2c3nc(CCc4ccccn4)nc3c3ccc(F)cc3c12. The van der Waals surface area contributed by atoms with Crippen LogP contribution in [0.2, 0.25) is 0 Å². The van der Waals surface area contributed by atoms with Crippen LogP contribution < -0.4 is 5.56 Å². The molecule has 3 heterocycles. The fourth-order valence-corrected chi connectivity index (χ4v) is 3.48. The third kappa shape index (κ3) is 2.55. The summed E-state index contributed by atoms with van der Waals surface area (Å²) in [7, 11) is 0. The maximum Gasteiger partial charge on any atom is 0.270 e. The molecule has 132 valence electrons. The van der Waals surface area contributed by atoms with Crippen LogP contribution in [0.15, 0.2) is 53.6 Å². The normalized spacial score (nSPS) is 11.6. The Hall–Kier alpha value is -3.61. The number of H-pyrrole nitrogens is 2. The van der Waals surface area contributed by atoms with Gasteiger partial charge in [-0.25, -0.2) is 14.4 Å². The molecule has 0 atom stereocenters. The Morgan fingerprint density at radius 3 is 2.63 bits per heavy atom. The van der Waals surface area contributed by atoms with Crippen molar-refractivity contribution in [2.75, 3.05) is 0 Å². The molecule has 0 saturated carbocycles. The van der Waals surface area contributed by atoms with Gasteiger partial charge in [0.15, 0.2) is 0 Å². The van der Waals surface area contributed by atoms with Crippen LogP contribution in [0, 0.1) is 5.82 Å². The molecule has 0 amide bonds. The summed E-state index contributed by atoms with van der Waals surface area (Å²) in [6.45, 7) is 0. The van der Waals surface area contributed by atoms with E-state index in [1.54, 1.807) is 18.5 Å².